The van der Waals surface area contributed by atoms with E-state index in [1.165, 1.54) is 11.3 Å². The van der Waals surface area contributed by atoms with Gasteiger partial charge in [0, 0.05) is 10.7 Å². The molecule has 0 saturated carbocycles. The van der Waals surface area contributed by atoms with E-state index in [2.05, 4.69) is 10.3 Å². The van der Waals surface area contributed by atoms with Gasteiger partial charge in [-0.3, -0.25) is 9.36 Å². The molecule has 0 aliphatic rings. The molecule has 0 spiro atoms. The third-order valence-electron chi connectivity index (χ3n) is 4.74. The number of benzene rings is 3. The number of nitrogens with two attached hydrogens (primary N) is 1. The zero-order chi connectivity index (χ0) is 21.4. The predicted octanol–water partition coefficient (Wildman–Crippen LogP) is 5.49. The van der Waals surface area contributed by atoms with Crippen molar-refractivity contribution >= 4 is 50.5 Å². The minimum Gasteiger partial charge on any atom is -0.382 e. The topological polar surface area (TPSA) is 85.8 Å². The third kappa shape index (κ3) is 3.65. The molecule has 0 atom stereocenters. The molecular weight excluding hydrogens is 430 g/mol. The minimum absolute atomic E-state index is 0.187. The van der Waals surface area contributed by atoms with Crippen molar-refractivity contribution in [1.29, 1.82) is 0 Å². The molecule has 0 unspecified atom stereocenters. The molecule has 8 heteroatoms. The van der Waals surface area contributed by atoms with Crippen molar-refractivity contribution in [1.82, 2.24) is 14.5 Å². The lowest BCUT2D eigenvalue weighted by molar-refractivity contribution is 0.980. The fourth-order valence-electron chi connectivity index (χ4n) is 3.31. The summed E-state index contributed by atoms with van der Waals surface area (Å²) >= 11 is 7.40. The van der Waals surface area contributed by atoms with Crippen LogP contribution in [0.5, 0.6) is 0 Å². The molecule has 0 aliphatic heterocycles. The molecule has 0 radical (unpaired) electrons. The number of rotatable bonds is 4. The average molecular weight is 446 g/mol. The van der Waals surface area contributed by atoms with Gasteiger partial charge in [0.2, 0.25) is 0 Å². The Morgan fingerprint density at radius 2 is 1.61 bits per heavy atom. The van der Waals surface area contributed by atoms with Crippen molar-refractivity contribution in [3.05, 3.63) is 94.2 Å². The molecule has 0 aliphatic carbocycles. The molecule has 0 amide bonds. The second-order valence-corrected chi connectivity index (χ2v) is 8.23. The third-order valence-corrected chi connectivity index (χ3v) is 5.98. The van der Waals surface area contributed by atoms with E-state index in [4.69, 9.17) is 22.3 Å². The molecule has 0 bridgehead atoms. The van der Waals surface area contributed by atoms with E-state index in [-0.39, 0.29) is 5.56 Å². The van der Waals surface area contributed by atoms with Gasteiger partial charge >= 0.3 is 0 Å². The highest BCUT2D eigenvalue weighted by atomic mass is 35.5. The van der Waals surface area contributed by atoms with Crippen LogP contribution in [0.4, 0.5) is 16.6 Å². The Balaban J connectivity index is 1.72. The van der Waals surface area contributed by atoms with Gasteiger partial charge in [-0.1, -0.05) is 53.3 Å². The van der Waals surface area contributed by atoms with Gasteiger partial charge in [0.1, 0.15) is 10.7 Å². The smallest absolute Gasteiger partial charge is 0.266 e. The summed E-state index contributed by atoms with van der Waals surface area (Å²) in [6.07, 6.45) is 0. The second-order valence-electron chi connectivity index (χ2n) is 6.79. The van der Waals surface area contributed by atoms with Gasteiger partial charge in [0.25, 0.3) is 5.56 Å². The Kier molecular flexibility index (Phi) is 4.89. The van der Waals surface area contributed by atoms with Crippen LogP contribution in [0, 0.1) is 0 Å². The first-order chi connectivity index (χ1) is 15.1. The Morgan fingerprint density at radius 1 is 0.903 bits per heavy atom. The van der Waals surface area contributed by atoms with Crippen molar-refractivity contribution in [2.24, 2.45) is 0 Å². The van der Waals surface area contributed by atoms with Crippen LogP contribution in [0.15, 0.2) is 83.7 Å². The van der Waals surface area contributed by atoms with Crippen LogP contribution in [-0.2, 0) is 0 Å². The van der Waals surface area contributed by atoms with Gasteiger partial charge in [-0.15, -0.1) is 0 Å². The summed E-state index contributed by atoms with van der Waals surface area (Å²) in [4.78, 5) is 23.3. The van der Waals surface area contributed by atoms with Crippen molar-refractivity contribution in [2.75, 3.05) is 11.1 Å². The fourth-order valence-corrected chi connectivity index (χ4v) is 4.32. The van der Waals surface area contributed by atoms with Crippen LogP contribution in [0.2, 0.25) is 5.02 Å². The summed E-state index contributed by atoms with van der Waals surface area (Å²) in [5, 5.41) is 4.97. The zero-order valence-electron chi connectivity index (χ0n) is 16.1. The Morgan fingerprint density at radius 3 is 2.39 bits per heavy atom. The van der Waals surface area contributed by atoms with Gasteiger partial charge in [-0.05, 0) is 48.5 Å². The number of thiazole rings is 1. The van der Waals surface area contributed by atoms with E-state index in [0.717, 1.165) is 5.69 Å². The van der Waals surface area contributed by atoms with Crippen LogP contribution in [0.1, 0.15) is 0 Å². The molecule has 3 N–H and O–H groups in total. The number of halogens is 1. The van der Waals surface area contributed by atoms with Crippen LogP contribution < -0.4 is 16.6 Å². The summed E-state index contributed by atoms with van der Waals surface area (Å²) in [7, 11) is 0. The molecule has 5 aromatic rings. The lowest BCUT2D eigenvalue weighted by Crippen LogP contribution is -2.21. The lowest BCUT2D eigenvalue weighted by Gasteiger charge is -2.13. The number of fused-ring (bicyclic) bond motifs is 1. The number of aromatic nitrogens is 3. The van der Waals surface area contributed by atoms with Crippen molar-refractivity contribution < 1.29 is 0 Å². The summed E-state index contributed by atoms with van der Waals surface area (Å²) in [6.45, 7) is 0. The van der Waals surface area contributed by atoms with Crippen molar-refractivity contribution in [3.8, 4) is 16.4 Å². The fraction of sp³-hybridized carbons (Fsp3) is 0. The first-order valence-electron chi connectivity index (χ1n) is 9.46. The van der Waals surface area contributed by atoms with Crippen molar-refractivity contribution in [2.45, 2.75) is 0 Å². The molecule has 152 valence electrons. The van der Waals surface area contributed by atoms with E-state index in [1.54, 1.807) is 34.9 Å². The molecule has 6 nitrogen and oxygen atoms in total. The van der Waals surface area contributed by atoms with Gasteiger partial charge in [-0.25, -0.2) is 9.97 Å². The normalized spacial score (nSPS) is 11.0. The quantitative estimate of drug-likeness (QED) is 0.382. The predicted molar refractivity (Wildman–Crippen MR) is 128 cm³/mol. The summed E-state index contributed by atoms with van der Waals surface area (Å²) in [6, 6.07) is 24.0. The van der Waals surface area contributed by atoms with Crippen molar-refractivity contribution in [3.63, 3.8) is 0 Å². The van der Waals surface area contributed by atoms with Gasteiger partial charge < -0.3 is 11.1 Å². The average Bonchev–Trinajstić information content (AvgIpc) is 3.15. The van der Waals surface area contributed by atoms with E-state index in [1.807, 2.05) is 48.5 Å². The van der Waals surface area contributed by atoms with Crippen LogP contribution in [0.25, 0.3) is 27.3 Å². The standard InChI is InChI=1S/C23H16ClN5OS/c24-14-10-12-16(13-11-14)29-21(27-18-9-5-4-8-17(18)22(29)30)19-20(25)28-23(31-19)26-15-6-2-1-3-7-15/h1-13H,25H2,(H,26,28). The molecular formula is C23H16ClN5OS. The zero-order valence-corrected chi connectivity index (χ0v) is 17.7. The van der Waals surface area contributed by atoms with Crippen LogP contribution in [-0.4, -0.2) is 14.5 Å². The molecule has 3 aromatic carbocycles. The highest BCUT2D eigenvalue weighted by molar-refractivity contribution is 7.19. The van der Waals surface area contributed by atoms with Crippen LogP contribution >= 0.6 is 22.9 Å². The van der Waals surface area contributed by atoms with E-state index in [9.17, 15) is 4.79 Å². The largest absolute Gasteiger partial charge is 0.382 e. The highest BCUT2D eigenvalue weighted by Crippen LogP contribution is 2.36. The van der Waals surface area contributed by atoms with E-state index >= 15 is 0 Å². The number of anilines is 3. The van der Waals surface area contributed by atoms with E-state index in [0.29, 0.717) is 43.3 Å². The van der Waals surface area contributed by atoms with Gasteiger partial charge in [0.05, 0.1) is 16.6 Å². The SMILES string of the molecule is Nc1nc(Nc2ccccc2)sc1-c1nc2ccccc2c(=O)n1-c1ccc(Cl)cc1. The Labute approximate surface area is 186 Å². The summed E-state index contributed by atoms with van der Waals surface area (Å²) in [5.41, 5.74) is 8.22. The first kappa shape index (κ1) is 19.3. The van der Waals surface area contributed by atoms with E-state index < -0.39 is 0 Å². The molecule has 5 rings (SSSR count). The second kappa shape index (κ2) is 7.86. The maximum atomic E-state index is 13.4. The maximum absolute atomic E-state index is 13.4. The number of hydrogen-bond donors (Lipinski definition) is 2. The Bertz CT molecular complexity index is 1450. The molecule has 0 saturated heterocycles. The van der Waals surface area contributed by atoms with Crippen LogP contribution in [0.3, 0.4) is 0 Å². The maximum Gasteiger partial charge on any atom is 0.266 e. The minimum atomic E-state index is -0.187. The first-order valence-corrected chi connectivity index (χ1v) is 10.7. The summed E-state index contributed by atoms with van der Waals surface area (Å²) in [5.74, 6) is 0.732. The number of nitrogen functional groups attached to an aromatic ring is 1. The Hall–Kier alpha value is -3.68. The van der Waals surface area contributed by atoms with Gasteiger partial charge in [-0.2, -0.15) is 0 Å². The lowest BCUT2D eigenvalue weighted by atomic mass is 10.2. The van der Waals surface area contributed by atoms with Gasteiger partial charge in [0.15, 0.2) is 11.0 Å². The molecule has 2 aromatic heterocycles. The summed E-state index contributed by atoms with van der Waals surface area (Å²) < 4.78 is 1.55. The number of para-hydroxylation sites is 2. The number of nitrogens with zero attached hydrogens (tertiary/aromatic N) is 3. The molecule has 0 fully saturated rings. The monoisotopic (exact) mass is 445 g/mol. The number of nitrogens with one attached hydrogen (secondary N) is 1. The highest BCUT2D eigenvalue weighted by Gasteiger charge is 2.20. The number of hydrogen-bond acceptors (Lipinski definition) is 6. The molecule has 31 heavy (non-hydrogen) atoms. The molecule has 2 heterocycles.